The third-order valence-corrected chi connectivity index (χ3v) is 5.29. The molecule has 8 atom stereocenters. The van der Waals surface area contributed by atoms with Crippen LogP contribution < -0.4 is 9.83 Å². The molecule has 30 heavy (non-hydrogen) atoms. The van der Waals surface area contributed by atoms with Crippen LogP contribution in [0.4, 0.5) is 0 Å². The van der Waals surface area contributed by atoms with E-state index in [1.54, 1.807) is 4.72 Å². The van der Waals surface area contributed by atoms with Gasteiger partial charge in [0.2, 0.25) is 16.7 Å². The third-order valence-electron chi connectivity index (χ3n) is 4.27. The Morgan fingerprint density at radius 3 is 2.43 bits per heavy atom. The first-order valence-electron chi connectivity index (χ1n) is 8.01. The van der Waals surface area contributed by atoms with E-state index in [1.165, 1.54) is 0 Å². The van der Waals surface area contributed by atoms with Crippen LogP contribution in [0.15, 0.2) is 11.8 Å². The number of ether oxygens (including phenoxy) is 4. The van der Waals surface area contributed by atoms with Crippen LogP contribution in [-0.4, -0.2) is 97.9 Å². The average molecular weight is 476 g/mol. The average Bonchev–Trinajstić information content (AvgIpc) is 3.02. The van der Waals surface area contributed by atoms with Gasteiger partial charge in [0.15, 0.2) is 22.7 Å². The molecule has 0 aromatic rings. The monoisotopic (exact) mass is 476 g/mol. The van der Waals surface area contributed by atoms with Gasteiger partial charge in [-0.25, -0.2) is 21.6 Å². The minimum absolute atomic E-state index is 0.284. The lowest BCUT2D eigenvalue weighted by Crippen LogP contribution is -2.63. The van der Waals surface area contributed by atoms with E-state index < -0.39 is 81.6 Å². The first-order valence-corrected chi connectivity index (χ1v) is 10.7. The number of aliphatic hydroxyl groups excluding tert-OH is 2. The number of nitrogens with one attached hydrogen (secondary N) is 1. The summed E-state index contributed by atoms with van der Waals surface area (Å²) in [7, 11) is -10.5. The Bertz CT molecular complexity index is 916. The smallest absolute Gasteiger partial charge is 0.231 e. The molecule has 3 heterocycles. The fourth-order valence-corrected chi connectivity index (χ4v) is 4.16. The molecular formula is C12H14NO15S2-3. The third kappa shape index (κ3) is 5.23. The first kappa shape index (κ1) is 23.2. The highest BCUT2D eigenvalue weighted by atomic mass is 32.3. The maximum atomic E-state index is 11.0. The van der Waals surface area contributed by atoms with Crippen molar-refractivity contribution in [1.82, 2.24) is 4.72 Å². The molecule has 3 aliphatic heterocycles. The van der Waals surface area contributed by atoms with Gasteiger partial charge in [0.25, 0.3) is 0 Å². The Morgan fingerprint density at radius 2 is 1.87 bits per heavy atom. The molecule has 2 saturated heterocycles. The number of aliphatic carboxylic acids is 1. The zero-order chi connectivity index (χ0) is 22.4. The number of carboxylic acid groups (broad SMARTS) is 1. The zero-order valence-corrected chi connectivity index (χ0v) is 16.1. The minimum Gasteiger partial charge on any atom is -0.735 e. The maximum Gasteiger partial charge on any atom is 0.231 e. The van der Waals surface area contributed by atoms with Gasteiger partial charge in [0.05, 0.1) is 6.61 Å². The van der Waals surface area contributed by atoms with Crippen molar-refractivity contribution >= 4 is 26.7 Å². The van der Waals surface area contributed by atoms with Gasteiger partial charge in [-0.3, -0.25) is 4.18 Å². The number of carbonyl (C=O) groups is 1. The van der Waals surface area contributed by atoms with Crippen LogP contribution in [0, 0.1) is 0 Å². The van der Waals surface area contributed by atoms with E-state index in [0.717, 1.165) is 0 Å². The van der Waals surface area contributed by atoms with Gasteiger partial charge < -0.3 is 48.2 Å². The molecule has 1 unspecified atom stereocenters. The van der Waals surface area contributed by atoms with Crippen LogP contribution >= 0.6 is 0 Å². The lowest BCUT2D eigenvalue weighted by atomic mass is 9.99. The van der Waals surface area contributed by atoms with Crippen molar-refractivity contribution in [3.63, 3.8) is 0 Å². The van der Waals surface area contributed by atoms with Crippen molar-refractivity contribution in [2.24, 2.45) is 0 Å². The molecule has 18 heteroatoms. The van der Waals surface area contributed by atoms with Crippen molar-refractivity contribution in [2.45, 2.75) is 49.1 Å². The summed E-state index contributed by atoms with van der Waals surface area (Å²) in [5, 5.41) is 31.4. The molecule has 2 bridgehead atoms. The van der Waals surface area contributed by atoms with Crippen LogP contribution in [0.2, 0.25) is 0 Å². The molecule has 0 saturated carbocycles. The molecular weight excluding hydrogens is 462 g/mol. The van der Waals surface area contributed by atoms with Gasteiger partial charge in [-0.15, -0.1) is 0 Å². The van der Waals surface area contributed by atoms with Crippen molar-refractivity contribution < 1.29 is 69.2 Å². The van der Waals surface area contributed by atoms with Gasteiger partial charge >= 0.3 is 0 Å². The summed E-state index contributed by atoms with van der Waals surface area (Å²) < 4.78 is 92.0. The summed E-state index contributed by atoms with van der Waals surface area (Å²) >= 11 is 0. The summed E-state index contributed by atoms with van der Waals surface area (Å²) in [6, 6.07) is -1.66. The topological polar surface area (TPSA) is 253 Å². The molecule has 0 aromatic carbocycles. The number of hydrogen-bond donors (Lipinski definition) is 3. The predicted octanol–water partition coefficient (Wildman–Crippen LogP) is -5.90. The zero-order valence-electron chi connectivity index (χ0n) is 14.4. The van der Waals surface area contributed by atoms with Gasteiger partial charge in [-0.1, -0.05) is 0 Å². The SMILES string of the molecule is O=C([O-])C1=C[C@H](O)[C@@H](OS(=O)(=O)[O-])[C@H](OC2[C@H]3CO[C@H](O3)[C@@H](NS(=O)(=O)[O-])[C@H]2O)O1. The van der Waals surface area contributed by atoms with E-state index in [2.05, 4.69) is 4.18 Å². The number of carboxylic acids is 1. The maximum absolute atomic E-state index is 11.0. The van der Waals surface area contributed by atoms with Crippen molar-refractivity contribution in [1.29, 1.82) is 0 Å². The van der Waals surface area contributed by atoms with E-state index in [-0.39, 0.29) is 6.61 Å². The quantitative estimate of drug-likeness (QED) is 0.228. The van der Waals surface area contributed by atoms with Gasteiger partial charge in [-0.05, 0) is 6.08 Å². The van der Waals surface area contributed by atoms with Crippen LogP contribution in [0.3, 0.4) is 0 Å². The normalized spacial score (nSPS) is 39.3. The second-order valence-electron chi connectivity index (χ2n) is 6.33. The van der Waals surface area contributed by atoms with Crippen LogP contribution in [-0.2, 0) is 48.6 Å². The lowest BCUT2D eigenvalue weighted by Gasteiger charge is -2.42. The summed E-state index contributed by atoms with van der Waals surface area (Å²) in [5.41, 5.74) is 0. The highest BCUT2D eigenvalue weighted by Crippen LogP contribution is 2.33. The van der Waals surface area contributed by atoms with Crippen molar-refractivity contribution in [3.8, 4) is 0 Å². The molecule has 0 aliphatic carbocycles. The molecule has 3 N–H and O–H groups in total. The summed E-state index contributed by atoms with van der Waals surface area (Å²) in [5.74, 6) is -2.94. The van der Waals surface area contributed by atoms with Crippen LogP contribution in [0.25, 0.3) is 0 Å². The van der Waals surface area contributed by atoms with Crippen LogP contribution in [0.5, 0.6) is 0 Å². The second kappa shape index (κ2) is 8.24. The number of fused-ring (bicyclic) bond motifs is 2. The van der Waals surface area contributed by atoms with Gasteiger partial charge in [-0.2, -0.15) is 0 Å². The predicted molar refractivity (Wildman–Crippen MR) is 80.7 cm³/mol. The second-order valence-corrected chi connectivity index (χ2v) is 8.48. The number of rotatable bonds is 7. The molecule has 0 spiro atoms. The van der Waals surface area contributed by atoms with Crippen LogP contribution in [0.1, 0.15) is 0 Å². The Morgan fingerprint density at radius 1 is 1.20 bits per heavy atom. The molecule has 0 aromatic heterocycles. The van der Waals surface area contributed by atoms with E-state index in [1.807, 2.05) is 0 Å². The number of carbonyl (C=O) groups excluding carboxylic acids is 1. The van der Waals surface area contributed by atoms with E-state index in [4.69, 9.17) is 18.9 Å². The van der Waals surface area contributed by atoms with Crippen molar-refractivity contribution in [3.05, 3.63) is 11.8 Å². The van der Waals surface area contributed by atoms with E-state index in [0.29, 0.717) is 6.08 Å². The van der Waals surface area contributed by atoms with Gasteiger partial charge in [0.1, 0.15) is 42.2 Å². The van der Waals surface area contributed by atoms with Gasteiger partial charge in [0, 0.05) is 0 Å². The fraction of sp³-hybridized carbons (Fsp3) is 0.750. The molecule has 2 fully saturated rings. The Labute approximate surface area is 168 Å². The highest BCUT2D eigenvalue weighted by molar-refractivity contribution is 7.83. The molecule has 3 rings (SSSR count). The molecule has 3 aliphatic rings. The summed E-state index contributed by atoms with van der Waals surface area (Å²) in [4.78, 5) is 11.0. The molecule has 172 valence electrons. The largest absolute Gasteiger partial charge is 0.735 e. The van der Waals surface area contributed by atoms with E-state index in [9.17, 15) is 46.1 Å². The lowest BCUT2D eigenvalue weighted by molar-refractivity contribution is -0.313. The van der Waals surface area contributed by atoms with Crippen molar-refractivity contribution in [2.75, 3.05) is 6.61 Å². The first-order chi connectivity index (χ1) is 13.7. The van der Waals surface area contributed by atoms with E-state index >= 15 is 0 Å². The standard InChI is InChI=1S/C12H17NO15S2/c14-3-1-4(10(16)17)25-12(8(3)28-30(21,22)23)27-9-5-2-24-11(26-5)6(7(9)15)13-29(18,19)20/h1,3,5-9,11-15H,2H2,(H,16,17)(H,18,19,20)(H,21,22,23)/p-3/t3-,5+,6-,7+,8+,9?,11+,12-/m0/s1. The summed E-state index contributed by atoms with van der Waals surface area (Å²) in [6.45, 7) is -0.284. The Hall–Kier alpha value is -1.45. The number of hydrogen-bond acceptors (Lipinski definition) is 15. The number of aliphatic hydroxyl groups is 2. The molecule has 0 radical (unpaired) electrons. The minimum atomic E-state index is -5.44. The fourth-order valence-electron chi connectivity index (χ4n) is 3.10. The Kier molecular flexibility index (Phi) is 6.38. The molecule has 16 nitrogen and oxygen atoms in total. The summed E-state index contributed by atoms with van der Waals surface area (Å²) in [6.07, 6.45) is -11.7. The highest BCUT2D eigenvalue weighted by Gasteiger charge is 2.53. The molecule has 0 amide bonds. The Balaban J connectivity index is 1.86.